The number of nitrogens with one attached hydrogen (secondary N) is 1. The third kappa shape index (κ3) is 4.53. The highest BCUT2D eigenvalue weighted by Gasteiger charge is 2.17. The van der Waals surface area contributed by atoms with Gasteiger partial charge >= 0.3 is 0 Å². The van der Waals surface area contributed by atoms with E-state index in [1.807, 2.05) is 32.9 Å². The molecule has 8 heteroatoms. The lowest BCUT2D eigenvalue weighted by atomic mass is 10.1. The maximum atomic E-state index is 12.2. The van der Waals surface area contributed by atoms with Crippen LogP contribution in [0.15, 0.2) is 18.2 Å². The number of carbonyl (C=O) groups excluding carboxylic acids is 1. The Morgan fingerprint density at radius 1 is 1.13 bits per heavy atom. The van der Waals surface area contributed by atoms with E-state index in [0.717, 1.165) is 28.9 Å². The average Bonchev–Trinajstić information content (AvgIpc) is 3.17. The summed E-state index contributed by atoms with van der Waals surface area (Å²) in [6, 6.07) is 5.70. The Kier molecular flexibility index (Phi) is 6.54. The highest BCUT2D eigenvalue weighted by Crippen LogP contribution is 2.28. The van der Waals surface area contributed by atoms with Crippen molar-refractivity contribution in [3.05, 3.63) is 35.2 Å². The molecule has 1 amide bonds. The predicted molar refractivity (Wildman–Crippen MR) is 115 cm³/mol. The van der Waals surface area contributed by atoms with Gasteiger partial charge in [0.1, 0.15) is 11.5 Å². The van der Waals surface area contributed by atoms with Crippen LogP contribution in [0.25, 0.3) is 17.2 Å². The summed E-state index contributed by atoms with van der Waals surface area (Å²) in [7, 11) is 3.21. The molecule has 30 heavy (non-hydrogen) atoms. The van der Waals surface area contributed by atoms with Gasteiger partial charge in [-0.3, -0.25) is 4.79 Å². The van der Waals surface area contributed by atoms with E-state index in [0.29, 0.717) is 35.9 Å². The number of fused-ring (bicyclic) bond motifs is 1. The predicted octanol–water partition coefficient (Wildman–Crippen LogP) is 3.27. The molecule has 3 rings (SSSR count). The summed E-state index contributed by atoms with van der Waals surface area (Å²) in [5.74, 6) is 2.43. The molecule has 1 atom stereocenters. The fourth-order valence-electron chi connectivity index (χ4n) is 3.32. The topological polar surface area (TPSA) is 90.6 Å². The van der Waals surface area contributed by atoms with Gasteiger partial charge in [0.25, 0.3) is 5.78 Å². The van der Waals surface area contributed by atoms with E-state index in [4.69, 9.17) is 9.47 Å². The third-order valence-corrected chi connectivity index (χ3v) is 5.28. The first-order valence-electron chi connectivity index (χ1n) is 10.1. The highest BCUT2D eigenvalue weighted by molar-refractivity contribution is 5.76. The molecule has 0 saturated carbocycles. The molecule has 0 aliphatic rings. The van der Waals surface area contributed by atoms with E-state index in [9.17, 15) is 4.79 Å². The van der Waals surface area contributed by atoms with Gasteiger partial charge < -0.3 is 14.8 Å². The molecule has 2 aromatic heterocycles. The van der Waals surface area contributed by atoms with Gasteiger partial charge in [0.05, 0.1) is 14.2 Å². The van der Waals surface area contributed by atoms with Crippen molar-refractivity contribution >= 4 is 11.7 Å². The zero-order valence-electron chi connectivity index (χ0n) is 18.4. The summed E-state index contributed by atoms with van der Waals surface area (Å²) in [4.78, 5) is 21.4. The monoisotopic (exact) mass is 411 g/mol. The number of hydrogen-bond donors (Lipinski definition) is 1. The maximum Gasteiger partial charge on any atom is 0.253 e. The molecular formula is C22H29N5O3. The lowest BCUT2D eigenvalue weighted by molar-refractivity contribution is -0.121. The third-order valence-electron chi connectivity index (χ3n) is 5.28. The average molecular weight is 412 g/mol. The van der Waals surface area contributed by atoms with Crippen molar-refractivity contribution in [3.63, 3.8) is 0 Å². The molecular weight excluding hydrogens is 382 g/mol. The van der Waals surface area contributed by atoms with Crippen LogP contribution in [0.5, 0.6) is 11.5 Å². The second kappa shape index (κ2) is 9.11. The van der Waals surface area contributed by atoms with Crippen LogP contribution in [-0.4, -0.2) is 45.8 Å². The fourth-order valence-corrected chi connectivity index (χ4v) is 3.32. The largest absolute Gasteiger partial charge is 0.497 e. The van der Waals surface area contributed by atoms with Crippen LogP contribution >= 0.6 is 0 Å². The minimum Gasteiger partial charge on any atom is -0.497 e. The molecule has 0 unspecified atom stereocenters. The SMILES string of the molecule is CC[C@H](C)NC(=O)CCc1c(C)nc2nc(-c3cc(OC)cc(OC)c3)nn2c1C. The van der Waals surface area contributed by atoms with E-state index < -0.39 is 0 Å². The van der Waals surface area contributed by atoms with Gasteiger partial charge in [-0.2, -0.15) is 4.98 Å². The Morgan fingerprint density at radius 3 is 2.40 bits per heavy atom. The minimum atomic E-state index is 0.0472. The molecule has 0 bridgehead atoms. The lowest BCUT2D eigenvalue weighted by Crippen LogP contribution is -2.32. The highest BCUT2D eigenvalue weighted by atomic mass is 16.5. The summed E-state index contributed by atoms with van der Waals surface area (Å²) < 4.78 is 12.4. The molecule has 8 nitrogen and oxygen atoms in total. The van der Waals surface area contributed by atoms with Gasteiger partial charge in [-0.25, -0.2) is 9.50 Å². The van der Waals surface area contributed by atoms with E-state index >= 15 is 0 Å². The molecule has 1 N–H and O–H groups in total. The number of methoxy groups -OCH3 is 2. The van der Waals surface area contributed by atoms with Gasteiger partial charge in [0, 0.05) is 35.5 Å². The summed E-state index contributed by atoms with van der Waals surface area (Å²) in [6.07, 6.45) is 1.92. The zero-order chi connectivity index (χ0) is 21.8. The van der Waals surface area contributed by atoms with Gasteiger partial charge in [-0.1, -0.05) is 6.92 Å². The Labute approximate surface area is 176 Å². The minimum absolute atomic E-state index is 0.0472. The second-order valence-electron chi connectivity index (χ2n) is 7.39. The summed E-state index contributed by atoms with van der Waals surface area (Å²) >= 11 is 0. The Hall–Kier alpha value is -3.16. The van der Waals surface area contributed by atoms with Gasteiger partial charge in [0.2, 0.25) is 5.91 Å². The van der Waals surface area contributed by atoms with Crippen molar-refractivity contribution in [3.8, 4) is 22.9 Å². The number of amides is 1. The molecule has 0 saturated heterocycles. The van der Waals surface area contributed by atoms with E-state index in [1.165, 1.54) is 0 Å². The fraction of sp³-hybridized carbons (Fsp3) is 0.455. The summed E-state index contributed by atoms with van der Waals surface area (Å²) in [5.41, 5.74) is 3.59. The lowest BCUT2D eigenvalue weighted by Gasteiger charge is -2.13. The molecule has 1 aromatic carbocycles. The van der Waals surface area contributed by atoms with Gasteiger partial charge in [-0.05, 0) is 51.3 Å². The van der Waals surface area contributed by atoms with E-state index in [1.54, 1.807) is 24.8 Å². The normalized spacial score (nSPS) is 12.1. The Morgan fingerprint density at radius 2 is 1.80 bits per heavy atom. The molecule has 160 valence electrons. The molecule has 3 aromatic rings. The van der Waals surface area contributed by atoms with E-state index in [2.05, 4.69) is 27.3 Å². The van der Waals surface area contributed by atoms with Crippen molar-refractivity contribution in [1.82, 2.24) is 24.9 Å². The van der Waals surface area contributed by atoms with Crippen LogP contribution in [0.2, 0.25) is 0 Å². The molecule has 0 fully saturated rings. The number of rotatable bonds is 8. The quantitative estimate of drug-likeness (QED) is 0.612. The summed E-state index contributed by atoms with van der Waals surface area (Å²) in [6.45, 7) is 7.98. The van der Waals surface area contributed by atoms with E-state index in [-0.39, 0.29) is 11.9 Å². The molecule has 0 radical (unpaired) electrons. The van der Waals surface area contributed by atoms with Crippen molar-refractivity contribution < 1.29 is 14.3 Å². The first kappa shape index (κ1) is 21.5. The second-order valence-corrected chi connectivity index (χ2v) is 7.39. The van der Waals surface area contributed by atoms with Crippen molar-refractivity contribution in [1.29, 1.82) is 0 Å². The smallest absolute Gasteiger partial charge is 0.253 e. The van der Waals surface area contributed by atoms with Crippen LogP contribution in [0.1, 0.15) is 43.6 Å². The zero-order valence-corrected chi connectivity index (χ0v) is 18.4. The molecule has 2 heterocycles. The Balaban J connectivity index is 1.92. The summed E-state index contributed by atoms with van der Waals surface area (Å²) in [5, 5.41) is 7.66. The molecule has 0 spiro atoms. The maximum absolute atomic E-state index is 12.2. The number of aromatic nitrogens is 4. The number of nitrogens with zero attached hydrogens (tertiary/aromatic N) is 4. The van der Waals surface area contributed by atoms with Crippen LogP contribution < -0.4 is 14.8 Å². The molecule has 0 aliphatic carbocycles. The number of ether oxygens (including phenoxy) is 2. The van der Waals surface area contributed by atoms with Crippen molar-refractivity contribution in [2.24, 2.45) is 0 Å². The first-order chi connectivity index (χ1) is 14.4. The van der Waals surface area contributed by atoms with Gasteiger partial charge in [0.15, 0.2) is 5.82 Å². The van der Waals surface area contributed by atoms with Gasteiger partial charge in [-0.15, -0.1) is 5.10 Å². The van der Waals surface area contributed by atoms with Crippen molar-refractivity contribution in [2.45, 2.75) is 53.0 Å². The number of aryl methyl sites for hydroxylation is 2. The Bertz CT molecular complexity index is 1040. The number of carbonyl (C=O) groups is 1. The van der Waals surface area contributed by atoms with Crippen LogP contribution in [0, 0.1) is 13.8 Å². The standard InChI is InChI=1S/C22H29N5O3/c1-7-13(2)23-20(28)9-8-19-14(3)24-22-25-21(26-27(22)15(19)4)16-10-17(29-5)12-18(11-16)30-6/h10-13H,7-9H2,1-6H3,(H,23,28)/t13-/m0/s1. The van der Waals surface area contributed by atoms with Crippen LogP contribution in [-0.2, 0) is 11.2 Å². The molecule has 0 aliphatic heterocycles. The van der Waals surface area contributed by atoms with Crippen LogP contribution in [0.4, 0.5) is 0 Å². The number of benzene rings is 1. The number of hydrogen-bond acceptors (Lipinski definition) is 6. The van der Waals surface area contributed by atoms with Crippen molar-refractivity contribution in [2.75, 3.05) is 14.2 Å². The van der Waals surface area contributed by atoms with Crippen LogP contribution in [0.3, 0.4) is 0 Å². The first-order valence-corrected chi connectivity index (χ1v) is 10.1.